The van der Waals surface area contributed by atoms with Crippen molar-refractivity contribution in [2.24, 2.45) is 0 Å². The molecule has 0 aromatic rings. The monoisotopic (exact) mass is 256 g/mol. The van der Waals surface area contributed by atoms with Crippen LogP contribution in [0, 0.1) is 0 Å². The van der Waals surface area contributed by atoms with Crippen molar-refractivity contribution in [3.05, 3.63) is 0 Å². The molecule has 0 heterocycles. The van der Waals surface area contributed by atoms with E-state index in [0.29, 0.717) is 0 Å². The Morgan fingerprint density at radius 2 is 0.944 bits per heavy atom. The summed E-state index contributed by atoms with van der Waals surface area (Å²) in [5.74, 6) is 0. The maximum Gasteiger partial charge on any atom is 0.0619 e. The third-order valence-electron chi connectivity index (χ3n) is 3.89. The van der Waals surface area contributed by atoms with Crippen molar-refractivity contribution < 1.29 is 5.11 Å². The lowest BCUT2D eigenvalue weighted by Gasteiger charge is -2.23. The second kappa shape index (κ2) is 12.0. The van der Waals surface area contributed by atoms with Crippen LogP contribution in [0.15, 0.2) is 0 Å². The van der Waals surface area contributed by atoms with Gasteiger partial charge in [-0.1, -0.05) is 84.5 Å². The molecule has 0 saturated heterocycles. The van der Waals surface area contributed by atoms with E-state index in [-0.39, 0.29) is 0 Å². The minimum atomic E-state index is -0.405. The van der Waals surface area contributed by atoms with Crippen molar-refractivity contribution >= 4 is 0 Å². The Kier molecular flexibility index (Phi) is 12.0. The maximum atomic E-state index is 10.2. The van der Waals surface area contributed by atoms with Crippen LogP contribution < -0.4 is 0 Å². The van der Waals surface area contributed by atoms with E-state index in [4.69, 9.17) is 0 Å². The Hall–Kier alpha value is -0.0400. The highest BCUT2D eigenvalue weighted by Crippen LogP contribution is 2.22. The molecule has 1 unspecified atom stereocenters. The first-order chi connectivity index (χ1) is 8.62. The molecule has 110 valence electrons. The summed E-state index contributed by atoms with van der Waals surface area (Å²) >= 11 is 0. The Morgan fingerprint density at radius 3 is 1.44 bits per heavy atom. The average Bonchev–Trinajstić information content (AvgIpc) is 2.33. The van der Waals surface area contributed by atoms with Crippen LogP contribution in [-0.4, -0.2) is 10.7 Å². The van der Waals surface area contributed by atoms with Crippen molar-refractivity contribution in [1.82, 2.24) is 0 Å². The van der Waals surface area contributed by atoms with E-state index < -0.39 is 5.60 Å². The number of aliphatic hydroxyl groups is 1. The number of unbranched alkanes of at least 4 members (excludes halogenated alkanes) is 9. The molecular weight excluding hydrogens is 220 g/mol. The molecule has 0 aromatic carbocycles. The molecule has 18 heavy (non-hydrogen) atoms. The summed E-state index contributed by atoms with van der Waals surface area (Å²) in [6.45, 7) is 6.50. The highest BCUT2D eigenvalue weighted by Gasteiger charge is 2.18. The number of hydrogen-bond donors (Lipinski definition) is 1. The van der Waals surface area contributed by atoms with Gasteiger partial charge in [-0.2, -0.15) is 0 Å². The maximum absolute atomic E-state index is 10.2. The van der Waals surface area contributed by atoms with E-state index in [2.05, 4.69) is 13.8 Å². The molecule has 1 N–H and O–H groups in total. The lowest BCUT2D eigenvalue weighted by atomic mass is 9.92. The molecule has 0 aliphatic heterocycles. The Morgan fingerprint density at radius 1 is 0.611 bits per heavy atom. The van der Waals surface area contributed by atoms with Crippen molar-refractivity contribution in [2.45, 2.75) is 110 Å². The van der Waals surface area contributed by atoms with Crippen molar-refractivity contribution in [3.63, 3.8) is 0 Å². The summed E-state index contributed by atoms with van der Waals surface area (Å²) < 4.78 is 0. The first-order valence-corrected chi connectivity index (χ1v) is 8.34. The van der Waals surface area contributed by atoms with Gasteiger partial charge in [-0.15, -0.1) is 0 Å². The predicted molar refractivity (Wildman–Crippen MR) is 82.0 cm³/mol. The Balaban J connectivity index is 3.30. The minimum Gasteiger partial charge on any atom is -0.390 e. The second-order valence-corrected chi connectivity index (χ2v) is 6.18. The van der Waals surface area contributed by atoms with E-state index >= 15 is 0 Å². The largest absolute Gasteiger partial charge is 0.390 e. The molecule has 0 aliphatic carbocycles. The fourth-order valence-electron chi connectivity index (χ4n) is 2.52. The fourth-order valence-corrected chi connectivity index (χ4v) is 2.52. The summed E-state index contributed by atoms with van der Waals surface area (Å²) in [4.78, 5) is 0. The summed E-state index contributed by atoms with van der Waals surface area (Å²) in [5, 5.41) is 10.2. The quantitative estimate of drug-likeness (QED) is 0.410. The summed E-state index contributed by atoms with van der Waals surface area (Å²) in [6.07, 6.45) is 16.4. The van der Waals surface area contributed by atoms with Gasteiger partial charge in [0.1, 0.15) is 0 Å². The van der Waals surface area contributed by atoms with E-state index in [9.17, 15) is 5.11 Å². The molecule has 0 saturated carbocycles. The van der Waals surface area contributed by atoms with Gasteiger partial charge in [0.2, 0.25) is 0 Å². The van der Waals surface area contributed by atoms with E-state index in [1.54, 1.807) is 0 Å². The third kappa shape index (κ3) is 12.4. The van der Waals surface area contributed by atoms with Gasteiger partial charge in [-0.25, -0.2) is 0 Å². The zero-order valence-electron chi connectivity index (χ0n) is 13.1. The lowest BCUT2D eigenvalue weighted by molar-refractivity contribution is 0.0367. The van der Waals surface area contributed by atoms with Crippen LogP contribution in [0.4, 0.5) is 0 Å². The van der Waals surface area contributed by atoms with Crippen molar-refractivity contribution in [3.8, 4) is 0 Å². The molecule has 0 aliphatic rings. The number of rotatable bonds is 13. The average molecular weight is 256 g/mol. The molecule has 0 amide bonds. The van der Waals surface area contributed by atoms with Crippen LogP contribution >= 0.6 is 0 Å². The number of hydrogen-bond acceptors (Lipinski definition) is 1. The molecule has 1 nitrogen and oxygen atoms in total. The minimum absolute atomic E-state index is 0.405. The van der Waals surface area contributed by atoms with Crippen LogP contribution in [0.1, 0.15) is 104 Å². The molecule has 0 spiro atoms. The van der Waals surface area contributed by atoms with E-state index in [0.717, 1.165) is 12.8 Å². The van der Waals surface area contributed by atoms with Crippen LogP contribution in [0.25, 0.3) is 0 Å². The molecule has 1 heteroatoms. The highest BCUT2D eigenvalue weighted by atomic mass is 16.3. The molecule has 0 rings (SSSR count). The standard InChI is InChI=1S/C17H36O/c1-4-6-8-9-10-11-12-14-16-17(3,18)15-13-7-5-2/h18H,4-16H2,1-3H3. The zero-order valence-corrected chi connectivity index (χ0v) is 13.1. The Labute approximate surface area is 115 Å². The van der Waals surface area contributed by atoms with Crippen LogP contribution in [0.2, 0.25) is 0 Å². The predicted octanol–water partition coefficient (Wildman–Crippen LogP) is 5.85. The summed E-state index contributed by atoms with van der Waals surface area (Å²) in [7, 11) is 0. The van der Waals surface area contributed by atoms with Gasteiger partial charge in [0.25, 0.3) is 0 Å². The first kappa shape index (κ1) is 18.0. The van der Waals surface area contributed by atoms with Crippen LogP contribution in [-0.2, 0) is 0 Å². The summed E-state index contributed by atoms with van der Waals surface area (Å²) in [5.41, 5.74) is -0.405. The van der Waals surface area contributed by atoms with Crippen molar-refractivity contribution in [1.29, 1.82) is 0 Å². The topological polar surface area (TPSA) is 20.2 Å². The Bertz CT molecular complexity index is 163. The first-order valence-electron chi connectivity index (χ1n) is 8.34. The third-order valence-corrected chi connectivity index (χ3v) is 3.89. The van der Waals surface area contributed by atoms with Gasteiger partial charge in [0.15, 0.2) is 0 Å². The lowest BCUT2D eigenvalue weighted by Crippen LogP contribution is -2.23. The molecule has 0 fully saturated rings. The fraction of sp³-hybridized carbons (Fsp3) is 1.00. The molecule has 0 bridgehead atoms. The van der Waals surface area contributed by atoms with Gasteiger partial charge < -0.3 is 5.11 Å². The molecule has 1 atom stereocenters. The molecule has 0 radical (unpaired) electrons. The van der Waals surface area contributed by atoms with Gasteiger partial charge in [-0.3, -0.25) is 0 Å². The normalized spacial score (nSPS) is 14.7. The smallest absolute Gasteiger partial charge is 0.0619 e. The van der Waals surface area contributed by atoms with Gasteiger partial charge in [-0.05, 0) is 19.8 Å². The van der Waals surface area contributed by atoms with Gasteiger partial charge in [0.05, 0.1) is 5.60 Å². The molecular formula is C17H36O. The van der Waals surface area contributed by atoms with E-state index in [1.807, 2.05) is 6.92 Å². The molecule has 0 aromatic heterocycles. The van der Waals surface area contributed by atoms with Crippen LogP contribution in [0.5, 0.6) is 0 Å². The van der Waals surface area contributed by atoms with Gasteiger partial charge >= 0.3 is 0 Å². The summed E-state index contributed by atoms with van der Waals surface area (Å²) in [6, 6.07) is 0. The van der Waals surface area contributed by atoms with Crippen molar-refractivity contribution in [2.75, 3.05) is 0 Å². The van der Waals surface area contributed by atoms with E-state index in [1.165, 1.54) is 70.6 Å². The zero-order chi connectivity index (χ0) is 13.7. The highest BCUT2D eigenvalue weighted by molar-refractivity contribution is 4.72. The second-order valence-electron chi connectivity index (χ2n) is 6.18. The van der Waals surface area contributed by atoms with Crippen LogP contribution in [0.3, 0.4) is 0 Å². The SMILES string of the molecule is CCCCCCCCCCC(C)(O)CCCCC. The van der Waals surface area contributed by atoms with Gasteiger partial charge in [0, 0.05) is 0 Å².